The summed E-state index contributed by atoms with van der Waals surface area (Å²) < 4.78 is 5.83. The van der Waals surface area contributed by atoms with Crippen molar-refractivity contribution in [2.24, 2.45) is 5.92 Å². The van der Waals surface area contributed by atoms with E-state index >= 15 is 0 Å². The summed E-state index contributed by atoms with van der Waals surface area (Å²) in [6.45, 7) is 3.12. The van der Waals surface area contributed by atoms with E-state index in [1.54, 1.807) is 0 Å². The van der Waals surface area contributed by atoms with Crippen LogP contribution in [0.2, 0.25) is 0 Å². The quantitative estimate of drug-likeness (QED) is 0.863. The summed E-state index contributed by atoms with van der Waals surface area (Å²) in [5.74, 6) is 1.11. The fourth-order valence-electron chi connectivity index (χ4n) is 3.93. The zero-order valence-electron chi connectivity index (χ0n) is 14.1. The largest absolute Gasteiger partial charge is 0.423 e. The Morgan fingerprint density at radius 1 is 1.12 bits per heavy atom. The number of rotatable bonds is 4. The predicted octanol–water partition coefficient (Wildman–Crippen LogP) is 3.45. The Labute approximate surface area is 142 Å². The van der Waals surface area contributed by atoms with Gasteiger partial charge in [0, 0.05) is 32.6 Å². The molecular weight excluding hydrogens is 302 g/mol. The number of oxazole rings is 1. The lowest BCUT2D eigenvalue weighted by molar-refractivity contribution is -0.131. The predicted molar refractivity (Wildman–Crippen MR) is 94.0 cm³/mol. The van der Waals surface area contributed by atoms with Crippen molar-refractivity contribution in [2.45, 2.75) is 38.5 Å². The third-order valence-electron chi connectivity index (χ3n) is 5.43. The third kappa shape index (κ3) is 3.25. The number of amides is 1. The SMILES string of the molecule is O=C(CCC1CCCC1)N1CCN(c2nc3ccccc3o2)CC1. The first-order valence-electron chi connectivity index (χ1n) is 9.18. The average molecular weight is 327 g/mol. The second-order valence-corrected chi connectivity index (χ2v) is 7.02. The standard InChI is InChI=1S/C19H25N3O2/c23-18(10-9-15-5-1-2-6-15)21-11-13-22(14-12-21)19-20-16-7-3-4-8-17(16)24-19/h3-4,7-8,15H,1-2,5-6,9-14H2. The van der Waals surface area contributed by atoms with Gasteiger partial charge in [-0.3, -0.25) is 4.79 Å². The van der Waals surface area contributed by atoms with E-state index in [9.17, 15) is 4.79 Å². The zero-order chi connectivity index (χ0) is 16.4. The maximum atomic E-state index is 12.4. The van der Waals surface area contributed by atoms with Gasteiger partial charge in [0.25, 0.3) is 6.01 Å². The van der Waals surface area contributed by atoms with Crippen molar-refractivity contribution in [3.8, 4) is 0 Å². The van der Waals surface area contributed by atoms with Gasteiger partial charge in [-0.05, 0) is 24.5 Å². The molecule has 1 aliphatic heterocycles. The molecule has 24 heavy (non-hydrogen) atoms. The Bertz CT molecular complexity index is 664. The van der Waals surface area contributed by atoms with Gasteiger partial charge in [0.15, 0.2) is 5.58 Å². The van der Waals surface area contributed by atoms with Crippen LogP contribution in [0.25, 0.3) is 11.1 Å². The van der Waals surface area contributed by atoms with Gasteiger partial charge in [0.05, 0.1) is 0 Å². The van der Waals surface area contributed by atoms with Crippen LogP contribution in [0.1, 0.15) is 38.5 Å². The number of hydrogen-bond acceptors (Lipinski definition) is 4. The number of carbonyl (C=O) groups is 1. The van der Waals surface area contributed by atoms with E-state index < -0.39 is 0 Å². The average Bonchev–Trinajstić information content (AvgIpc) is 3.29. The fourth-order valence-corrected chi connectivity index (χ4v) is 3.93. The van der Waals surface area contributed by atoms with Crippen LogP contribution in [0.15, 0.2) is 28.7 Å². The number of anilines is 1. The molecule has 1 saturated carbocycles. The van der Waals surface area contributed by atoms with Gasteiger partial charge in [-0.25, -0.2) is 0 Å². The van der Waals surface area contributed by atoms with Crippen LogP contribution in [-0.4, -0.2) is 42.0 Å². The van der Waals surface area contributed by atoms with Gasteiger partial charge >= 0.3 is 0 Å². The molecule has 5 nitrogen and oxygen atoms in total. The summed E-state index contributed by atoms with van der Waals surface area (Å²) in [5, 5.41) is 0. The van der Waals surface area contributed by atoms with Gasteiger partial charge in [-0.2, -0.15) is 4.98 Å². The van der Waals surface area contributed by atoms with Crippen LogP contribution >= 0.6 is 0 Å². The number of nitrogens with zero attached hydrogens (tertiary/aromatic N) is 3. The molecule has 2 aromatic rings. The maximum absolute atomic E-state index is 12.4. The molecule has 0 N–H and O–H groups in total. The highest BCUT2D eigenvalue weighted by Crippen LogP contribution is 2.29. The zero-order valence-corrected chi connectivity index (χ0v) is 14.1. The van der Waals surface area contributed by atoms with Crippen molar-refractivity contribution in [1.29, 1.82) is 0 Å². The molecule has 0 spiro atoms. The Hall–Kier alpha value is -2.04. The molecule has 0 bridgehead atoms. The number of carbonyl (C=O) groups excluding carboxylic acids is 1. The Balaban J connectivity index is 1.30. The van der Waals surface area contributed by atoms with Gasteiger partial charge in [0.1, 0.15) is 5.52 Å². The van der Waals surface area contributed by atoms with E-state index in [0.29, 0.717) is 18.3 Å². The van der Waals surface area contributed by atoms with Crippen LogP contribution in [0.4, 0.5) is 6.01 Å². The topological polar surface area (TPSA) is 49.6 Å². The minimum atomic E-state index is 0.319. The van der Waals surface area contributed by atoms with E-state index in [1.807, 2.05) is 29.2 Å². The first kappa shape index (κ1) is 15.5. The lowest BCUT2D eigenvalue weighted by Gasteiger charge is -2.34. The van der Waals surface area contributed by atoms with Crippen molar-refractivity contribution >= 4 is 23.0 Å². The molecule has 2 heterocycles. The van der Waals surface area contributed by atoms with Gasteiger partial charge in [-0.1, -0.05) is 37.8 Å². The molecule has 5 heteroatoms. The second kappa shape index (κ2) is 6.83. The lowest BCUT2D eigenvalue weighted by Crippen LogP contribution is -2.48. The van der Waals surface area contributed by atoms with Crippen molar-refractivity contribution in [3.05, 3.63) is 24.3 Å². The van der Waals surface area contributed by atoms with Crippen LogP contribution < -0.4 is 4.90 Å². The van der Waals surface area contributed by atoms with Gasteiger partial charge in [0.2, 0.25) is 5.91 Å². The molecule has 128 valence electrons. The normalized spacial score (nSPS) is 19.3. The fraction of sp³-hybridized carbons (Fsp3) is 0.579. The second-order valence-electron chi connectivity index (χ2n) is 7.02. The number of fused-ring (bicyclic) bond motifs is 1. The molecule has 0 radical (unpaired) electrons. The Morgan fingerprint density at radius 2 is 1.88 bits per heavy atom. The Morgan fingerprint density at radius 3 is 2.62 bits per heavy atom. The number of piperazine rings is 1. The molecule has 0 atom stereocenters. The number of aromatic nitrogens is 1. The maximum Gasteiger partial charge on any atom is 0.298 e. The molecule has 4 rings (SSSR count). The first-order valence-corrected chi connectivity index (χ1v) is 9.18. The number of para-hydroxylation sites is 2. The monoisotopic (exact) mass is 327 g/mol. The summed E-state index contributed by atoms with van der Waals surface area (Å²) in [7, 11) is 0. The van der Waals surface area contributed by atoms with E-state index in [-0.39, 0.29) is 0 Å². The third-order valence-corrected chi connectivity index (χ3v) is 5.43. The Kier molecular flexibility index (Phi) is 4.41. The van der Waals surface area contributed by atoms with Crippen LogP contribution in [-0.2, 0) is 4.79 Å². The highest BCUT2D eigenvalue weighted by atomic mass is 16.4. The van der Waals surface area contributed by atoms with Crippen molar-refractivity contribution in [3.63, 3.8) is 0 Å². The smallest absolute Gasteiger partial charge is 0.298 e. The summed E-state index contributed by atoms with van der Waals surface area (Å²) in [6.07, 6.45) is 7.12. The van der Waals surface area contributed by atoms with Crippen molar-refractivity contribution < 1.29 is 9.21 Å². The van der Waals surface area contributed by atoms with E-state index in [2.05, 4.69) is 9.88 Å². The van der Waals surface area contributed by atoms with Crippen molar-refractivity contribution in [1.82, 2.24) is 9.88 Å². The van der Waals surface area contributed by atoms with Gasteiger partial charge < -0.3 is 14.2 Å². The number of benzene rings is 1. The van der Waals surface area contributed by atoms with E-state index in [0.717, 1.165) is 49.6 Å². The molecule has 1 saturated heterocycles. The van der Waals surface area contributed by atoms with Crippen LogP contribution in [0, 0.1) is 5.92 Å². The van der Waals surface area contributed by atoms with E-state index in [1.165, 1.54) is 25.7 Å². The highest BCUT2D eigenvalue weighted by molar-refractivity contribution is 5.77. The van der Waals surface area contributed by atoms with E-state index in [4.69, 9.17) is 4.42 Å². The summed E-state index contributed by atoms with van der Waals surface area (Å²) in [5.41, 5.74) is 1.71. The van der Waals surface area contributed by atoms with Crippen LogP contribution in [0.5, 0.6) is 0 Å². The lowest BCUT2D eigenvalue weighted by atomic mass is 10.0. The molecule has 1 aliphatic carbocycles. The summed E-state index contributed by atoms with van der Waals surface area (Å²) in [4.78, 5) is 21.1. The van der Waals surface area contributed by atoms with Crippen molar-refractivity contribution in [2.75, 3.05) is 31.1 Å². The summed E-state index contributed by atoms with van der Waals surface area (Å²) >= 11 is 0. The molecule has 0 unspecified atom stereocenters. The molecular formula is C19H25N3O2. The minimum absolute atomic E-state index is 0.319. The highest BCUT2D eigenvalue weighted by Gasteiger charge is 2.25. The minimum Gasteiger partial charge on any atom is -0.423 e. The number of hydrogen-bond donors (Lipinski definition) is 0. The van der Waals surface area contributed by atoms with Crippen LogP contribution in [0.3, 0.4) is 0 Å². The molecule has 2 fully saturated rings. The molecule has 1 aromatic heterocycles. The molecule has 1 amide bonds. The van der Waals surface area contributed by atoms with Gasteiger partial charge in [-0.15, -0.1) is 0 Å². The molecule has 2 aliphatic rings. The summed E-state index contributed by atoms with van der Waals surface area (Å²) in [6, 6.07) is 8.50. The first-order chi connectivity index (χ1) is 11.8. The molecule has 1 aromatic carbocycles.